The van der Waals surface area contributed by atoms with E-state index in [-0.39, 0.29) is 23.6 Å². The highest BCUT2D eigenvalue weighted by Gasteiger charge is 2.22. The van der Waals surface area contributed by atoms with Gasteiger partial charge in [-0.2, -0.15) is 0 Å². The fourth-order valence-corrected chi connectivity index (χ4v) is 1.94. The van der Waals surface area contributed by atoms with E-state index in [0.29, 0.717) is 12.6 Å². The van der Waals surface area contributed by atoms with Crippen LogP contribution in [0.1, 0.15) is 39.7 Å². The summed E-state index contributed by atoms with van der Waals surface area (Å²) in [7, 11) is 0. The van der Waals surface area contributed by atoms with E-state index >= 15 is 0 Å². The Kier molecular flexibility index (Phi) is 6.73. The zero-order chi connectivity index (χ0) is 12.2. The molecule has 1 unspecified atom stereocenters. The van der Waals surface area contributed by atoms with E-state index in [1.165, 1.54) is 6.07 Å². The summed E-state index contributed by atoms with van der Waals surface area (Å²) < 4.78 is 13.4. The molecule has 1 aromatic rings. The van der Waals surface area contributed by atoms with Crippen LogP contribution in [0.5, 0.6) is 0 Å². The van der Waals surface area contributed by atoms with Gasteiger partial charge in [-0.05, 0) is 17.9 Å². The van der Waals surface area contributed by atoms with E-state index in [4.69, 9.17) is 0 Å². The third kappa shape index (κ3) is 5.05. The molecule has 0 radical (unpaired) electrons. The zero-order valence-electron chi connectivity index (χ0n) is 11.1. The molecule has 1 rings (SSSR count). The molecule has 0 aliphatic heterocycles. The zero-order valence-corrected chi connectivity index (χ0v) is 11.9. The molecule has 0 amide bonds. The quantitative estimate of drug-likeness (QED) is 0.856. The molecule has 0 heterocycles. The Hall–Kier alpha value is -0.600. The minimum Gasteiger partial charge on any atom is -0.309 e. The van der Waals surface area contributed by atoms with Crippen molar-refractivity contribution in [3.8, 4) is 0 Å². The summed E-state index contributed by atoms with van der Waals surface area (Å²) >= 11 is 0. The lowest BCUT2D eigenvalue weighted by atomic mass is 9.85. The molecule has 98 valence electrons. The molecule has 3 heteroatoms. The number of benzene rings is 1. The van der Waals surface area contributed by atoms with Gasteiger partial charge in [-0.25, -0.2) is 4.39 Å². The molecule has 1 aromatic carbocycles. The minimum atomic E-state index is -0.126. The van der Waals surface area contributed by atoms with Crippen molar-refractivity contribution >= 4 is 12.4 Å². The summed E-state index contributed by atoms with van der Waals surface area (Å²) in [5, 5.41) is 3.43. The maximum Gasteiger partial charge on any atom is 0.127 e. The van der Waals surface area contributed by atoms with Crippen LogP contribution in [0.4, 0.5) is 4.39 Å². The van der Waals surface area contributed by atoms with Crippen LogP contribution in [0, 0.1) is 11.2 Å². The van der Waals surface area contributed by atoms with Gasteiger partial charge in [0.2, 0.25) is 0 Å². The standard InChI is InChI=1S/C14H22FN.ClH/c1-5-13(14(2,3)4)16-10-11-8-6-7-9-12(11)15;/h6-9,13,16H,5,10H2,1-4H3;1H. The van der Waals surface area contributed by atoms with Crippen molar-refractivity contribution in [2.75, 3.05) is 0 Å². The summed E-state index contributed by atoms with van der Waals surface area (Å²) in [6.07, 6.45) is 1.05. The first-order chi connectivity index (χ1) is 7.45. The summed E-state index contributed by atoms with van der Waals surface area (Å²) in [6, 6.07) is 7.34. The highest BCUT2D eigenvalue weighted by Crippen LogP contribution is 2.22. The number of hydrogen-bond donors (Lipinski definition) is 1. The van der Waals surface area contributed by atoms with Crippen molar-refractivity contribution in [2.45, 2.75) is 46.7 Å². The van der Waals surface area contributed by atoms with Crippen LogP contribution < -0.4 is 5.32 Å². The second-order valence-electron chi connectivity index (χ2n) is 5.30. The minimum absolute atomic E-state index is 0. The van der Waals surface area contributed by atoms with E-state index in [0.717, 1.165) is 12.0 Å². The lowest BCUT2D eigenvalue weighted by Crippen LogP contribution is -2.39. The summed E-state index contributed by atoms with van der Waals surface area (Å²) in [5.41, 5.74) is 0.949. The van der Waals surface area contributed by atoms with Gasteiger partial charge in [-0.15, -0.1) is 12.4 Å². The molecule has 0 bridgehead atoms. The molecule has 0 aromatic heterocycles. The Bertz CT molecular complexity index is 333. The second kappa shape index (κ2) is 6.97. The maximum absolute atomic E-state index is 13.4. The first-order valence-electron chi connectivity index (χ1n) is 5.92. The maximum atomic E-state index is 13.4. The van der Waals surface area contributed by atoms with Crippen LogP contribution in [0.15, 0.2) is 24.3 Å². The summed E-state index contributed by atoms with van der Waals surface area (Å²) in [5.74, 6) is -0.126. The van der Waals surface area contributed by atoms with E-state index in [9.17, 15) is 4.39 Å². The second-order valence-corrected chi connectivity index (χ2v) is 5.30. The molecule has 1 nitrogen and oxygen atoms in total. The first kappa shape index (κ1) is 16.4. The van der Waals surface area contributed by atoms with E-state index in [2.05, 4.69) is 33.0 Å². The Morgan fingerprint density at radius 2 is 1.82 bits per heavy atom. The molecule has 0 aliphatic rings. The lowest BCUT2D eigenvalue weighted by Gasteiger charge is -2.31. The van der Waals surface area contributed by atoms with Crippen molar-refractivity contribution in [2.24, 2.45) is 5.41 Å². The smallest absolute Gasteiger partial charge is 0.127 e. The third-order valence-corrected chi connectivity index (χ3v) is 2.95. The largest absolute Gasteiger partial charge is 0.309 e. The SMILES string of the molecule is CCC(NCc1ccccc1F)C(C)(C)C.Cl. The molecule has 0 saturated heterocycles. The van der Waals surface area contributed by atoms with Gasteiger partial charge < -0.3 is 5.32 Å². The summed E-state index contributed by atoms with van der Waals surface area (Å²) in [6.45, 7) is 9.37. The van der Waals surface area contributed by atoms with Crippen LogP contribution in [0.25, 0.3) is 0 Å². The van der Waals surface area contributed by atoms with E-state index in [1.54, 1.807) is 6.07 Å². The fourth-order valence-electron chi connectivity index (χ4n) is 1.94. The van der Waals surface area contributed by atoms with Crippen molar-refractivity contribution in [3.63, 3.8) is 0 Å². The number of hydrogen-bond acceptors (Lipinski definition) is 1. The molecule has 1 atom stereocenters. The topological polar surface area (TPSA) is 12.0 Å². The van der Waals surface area contributed by atoms with Gasteiger partial charge in [-0.1, -0.05) is 45.9 Å². The number of halogens is 2. The van der Waals surface area contributed by atoms with Crippen molar-refractivity contribution < 1.29 is 4.39 Å². The van der Waals surface area contributed by atoms with Gasteiger partial charge in [0.05, 0.1) is 0 Å². The summed E-state index contributed by atoms with van der Waals surface area (Å²) in [4.78, 5) is 0. The molecule has 0 spiro atoms. The van der Waals surface area contributed by atoms with Gasteiger partial charge in [0.1, 0.15) is 5.82 Å². The Labute approximate surface area is 110 Å². The molecule has 17 heavy (non-hydrogen) atoms. The number of rotatable bonds is 4. The predicted octanol–water partition coefficient (Wildman–Crippen LogP) is 4.16. The molecule has 0 fully saturated rings. The van der Waals surface area contributed by atoms with Gasteiger partial charge in [0, 0.05) is 18.2 Å². The Morgan fingerprint density at radius 1 is 1.24 bits per heavy atom. The van der Waals surface area contributed by atoms with E-state index < -0.39 is 0 Å². The van der Waals surface area contributed by atoms with Gasteiger partial charge >= 0.3 is 0 Å². The average molecular weight is 260 g/mol. The average Bonchev–Trinajstić information content (AvgIpc) is 2.19. The monoisotopic (exact) mass is 259 g/mol. The van der Waals surface area contributed by atoms with Crippen LogP contribution in [0.3, 0.4) is 0 Å². The molecule has 0 aliphatic carbocycles. The normalized spacial score (nSPS) is 13.0. The first-order valence-corrected chi connectivity index (χ1v) is 5.92. The van der Waals surface area contributed by atoms with Crippen molar-refractivity contribution in [1.82, 2.24) is 5.32 Å². The fraction of sp³-hybridized carbons (Fsp3) is 0.571. The van der Waals surface area contributed by atoms with Crippen molar-refractivity contribution in [3.05, 3.63) is 35.6 Å². The van der Waals surface area contributed by atoms with Gasteiger partial charge in [0.15, 0.2) is 0 Å². The number of nitrogens with one attached hydrogen (secondary N) is 1. The highest BCUT2D eigenvalue weighted by atomic mass is 35.5. The molecular formula is C14H23ClFN. The third-order valence-electron chi connectivity index (χ3n) is 2.95. The predicted molar refractivity (Wildman–Crippen MR) is 74.0 cm³/mol. The highest BCUT2D eigenvalue weighted by molar-refractivity contribution is 5.85. The molecule has 1 N–H and O–H groups in total. The Balaban J connectivity index is 0.00000256. The van der Waals surface area contributed by atoms with Gasteiger partial charge in [0.25, 0.3) is 0 Å². The van der Waals surface area contributed by atoms with Crippen LogP contribution in [0.2, 0.25) is 0 Å². The van der Waals surface area contributed by atoms with Gasteiger partial charge in [-0.3, -0.25) is 0 Å². The van der Waals surface area contributed by atoms with Crippen molar-refractivity contribution in [1.29, 1.82) is 0 Å². The Morgan fingerprint density at radius 3 is 2.29 bits per heavy atom. The lowest BCUT2D eigenvalue weighted by molar-refractivity contribution is 0.259. The van der Waals surface area contributed by atoms with E-state index in [1.807, 2.05) is 12.1 Å². The van der Waals surface area contributed by atoms with Crippen LogP contribution in [-0.2, 0) is 6.54 Å². The molecular weight excluding hydrogens is 237 g/mol. The van der Waals surface area contributed by atoms with Crippen LogP contribution in [-0.4, -0.2) is 6.04 Å². The molecule has 0 saturated carbocycles. The van der Waals surface area contributed by atoms with Crippen LogP contribution >= 0.6 is 12.4 Å².